The lowest BCUT2D eigenvalue weighted by molar-refractivity contribution is 0.0762. The fourth-order valence-corrected chi connectivity index (χ4v) is 6.49. The summed E-state index contributed by atoms with van der Waals surface area (Å²) in [6.45, 7) is 3.45. The molecule has 1 aliphatic carbocycles. The van der Waals surface area contributed by atoms with Crippen LogP contribution in [0.5, 0.6) is 0 Å². The first kappa shape index (κ1) is 21.9. The van der Waals surface area contributed by atoms with E-state index in [4.69, 9.17) is 0 Å². The van der Waals surface area contributed by atoms with Crippen molar-refractivity contribution >= 4 is 16.8 Å². The summed E-state index contributed by atoms with van der Waals surface area (Å²) in [5, 5.41) is 14.0. The molecule has 5 aromatic rings. The van der Waals surface area contributed by atoms with Crippen LogP contribution in [-0.2, 0) is 12.5 Å². The Morgan fingerprint density at radius 1 is 1.03 bits per heavy atom. The second kappa shape index (κ2) is 7.83. The van der Waals surface area contributed by atoms with Crippen molar-refractivity contribution in [3.63, 3.8) is 0 Å². The standard InChI is InChI=1S/C29H25FN6O/c1-18-12-26-20(14-32-36(26)22-10-8-21(30)9-11-22)13-23(18)29-17-35(28(37)25-15-31-34(2)33-25)16-24(29)27(29)19-6-4-3-5-7-19/h3-15,24,27H,16-17H2,1-2H3/t24-,27-,29+/m1/s1. The van der Waals surface area contributed by atoms with Crippen LogP contribution in [0.1, 0.15) is 33.1 Å². The van der Waals surface area contributed by atoms with Gasteiger partial charge in [0, 0.05) is 36.9 Å². The van der Waals surface area contributed by atoms with Crippen molar-refractivity contribution in [3.8, 4) is 5.69 Å². The van der Waals surface area contributed by atoms with Gasteiger partial charge in [0.15, 0.2) is 5.69 Å². The zero-order chi connectivity index (χ0) is 25.3. The molecule has 0 N–H and O–H groups in total. The maximum Gasteiger partial charge on any atom is 0.276 e. The zero-order valence-electron chi connectivity index (χ0n) is 20.5. The third-order valence-electron chi connectivity index (χ3n) is 8.13. The Bertz CT molecular complexity index is 1660. The van der Waals surface area contributed by atoms with Gasteiger partial charge in [-0.25, -0.2) is 9.07 Å². The minimum atomic E-state index is -0.272. The van der Waals surface area contributed by atoms with Gasteiger partial charge < -0.3 is 4.90 Å². The first-order valence-corrected chi connectivity index (χ1v) is 12.4. The lowest BCUT2D eigenvalue weighted by Crippen LogP contribution is -2.35. The number of halogens is 1. The molecule has 2 aliphatic rings. The topological polar surface area (TPSA) is 68.8 Å². The predicted octanol–water partition coefficient (Wildman–Crippen LogP) is 4.41. The first-order valence-electron chi connectivity index (χ1n) is 12.4. The van der Waals surface area contributed by atoms with Crippen LogP contribution in [0.3, 0.4) is 0 Å². The highest BCUT2D eigenvalue weighted by atomic mass is 19.1. The molecule has 3 heterocycles. The fourth-order valence-electron chi connectivity index (χ4n) is 6.49. The van der Waals surface area contributed by atoms with Crippen LogP contribution >= 0.6 is 0 Å². The number of aryl methyl sites for hydroxylation is 2. The van der Waals surface area contributed by atoms with Crippen molar-refractivity contribution < 1.29 is 9.18 Å². The van der Waals surface area contributed by atoms with Crippen molar-refractivity contribution in [2.75, 3.05) is 13.1 Å². The molecule has 3 aromatic carbocycles. The molecular weight excluding hydrogens is 467 g/mol. The van der Waals surface area contributed by atoms with Crippen LogP contribution in [0.25, 0.3) is 16.6 Å². The number of aromatic nitrogens is 5. The molecule has 2 fully saturated rings. The maximum atomic E-state index is 13.5. The summed E-state index contributed by atoms with van der Waals surface area (Å²) in [6, 6.07) is 21.4. The maximum absolute atomic E-state index is 13.5. The molecule has 7 rings (SSSR count). The number of nitrogens with zero attached hydrogens (tertiary/aromatic N) is 6. The number of likely N-dealkylation sites (tertiary alicyclic amines) is 1. The summed E-state index contributed by atoms with van der Waals surface area (Å²) >= 11 is 0. The summed E-state index contributed by atoms with van der Waals surface area (Å²) in [7, 11) is 1.72. The average molecular weight is 493 g/mol. The Morgan fingerprint density at radius 2 is 1.81 bits per heavy atom. The van der Waals surface area contributed by atoms with Crippen LogP contribution in [-0.4, -0.2) is 48.7 Å². The van der Waals surface area contributed by atoms with E-state index in [0.29, 0.717) is 30.6 Å². The Labute approximate surface area is 213 Å². The van der Waals surface area contributed by atoms with Gasteiger partial charge in [0.25, 0.3) is 5.91 Å². The highest BCUT2D eigenvalue weighted by Crippen LogP contribution is 2.69. The van der Waals surface area contributed by atoms with E-state index in [0.717, 1.165) is 22.2 Å². The second-order valence-electron chi connectivity index (χ2n) is 10.2. The highest BCUT2D eigenvalue weighted by Gasteiger charge is 2.71. The van der Waals surface area contributed by atoms with E-state index in [1.807, 2.05) is 21.8 Å². The summed E-state index contributed by atoms with van der Waals surface area (Å²) in [4.78, 5) is 16.6. The Morgan fingerprint density at radius 3 is 2.54 bits per heavy atom. The minimum absolute atomic E-state index is 0.0747. The third kappa shape index (κ3) is 3.25. The van der Waals surface area contributed by atoms with E-state index in [1.165, 1.54) is 34.3 Å². The van der Waals surface area contributed by atoms with Gasteiger partial charge in [-0.3, -0.25) is 4.79 Å². The monoisotopic (exact) mass is 492 g/mol. The smallest absolute Gasteiger partial charge is 0.276 e. The van der Waals surface area contributed by atoms with Crippen molar-refractivity contribution in [3.05, 3.63) is 107 Å². The summed E-state index contributed by atoms with van der Waals surface area (Å²) in [6.07, 6.45) is 3.40. The van der Waals surface area contributed by atoms with E-state index in [9.17, 15) is 9.18 Å². The van der Waals surface area contributed by atoms with Crippen molar-refractivity contribution in [1.82, 2.24) is 29.7 Å². The zero-order valence-corrected chi connectivity index (χ0v) is 20.5. The van der Waals surface area contributed by atoms with Gasteiger partial charge in [-0.2, -0.15) is 15.0 Å². The lowest BCUT2D eigenvalue weighted by atomic mass is 9.86. The van der Waals surface area contributed by atoms with E-state index in [2.05, 4.69) is 58.6 Å². The van der Waals surface area contributed by atoms with Crippen molar-refractivity contribution in [2.45, 2.75) is 18.3 Å². The quantitative estimate of drug-likeness (QED) is 0.373. The van der Waals surface area contributed by atoms with E-state index in [1.54, 1.807) is 19.2 Å². The number of hydrogen-bond acceptors (Lipinski definition) is 4. The molecule has 0 radical (unpaired) electrons. The largest absolute Gasteiger partial charge is 0.336 e. The molecule has 37 heavy (non-hydrogen) atoms. The molecule has 0 unspecified atom stereocenters. The summed E-state index contributed by atoms with van der Waals surface area (Å²) < 4.78 is 15.3. The van der Waals surface area contributed by atoms with Gasteiger partial charge in [0.05, 0.1) is 23.6 Å². The van der Waals surface area contributed by atoms with Gasteiger partial charge in [-0.1, -0.05) is 30.3 Å². The van der Waals surface area contributed by atoms with Gasteiger partial charge in [-0.15, -0.1) is 5.10 Å². The SMILES string of the molecule is Cc1cc2c(cnn2-c2ccc(F)cc2)cc1[C@@]12CN(C(=O)c3cnn(C)n3)C[C@@H]1[C@H]2c1ccccc1. The second-order valence-corrected chi connectivity index (χ2v) is 10.2. The van der Waals surface area contributed by atoms with E-state index in [-0.39, 0.29) is 17.1 Å². The minimum Gasteiger partial charge on any atom is -0.336 e. The summed E-state index contributed by atoms with van der Waals surface area (Å²) in [5.74, 6) is 0.308. The summed E-state index contributed by atoms with van der Waals surface area (Å²) in [5.41, 5.74) is 5.72. The number of carbonyl (C=O) groups excluding carboxylic acids is 1. The number of rotatable bonds is 4. The average Bonchev–Trinajstić information content (AvgIpc) is 3.32. The number of amides is 1. The van der Waals surface area contributed by atoms with Gasteiger partial charge in [0.1, 0.15) is 5.82 Å². The molecule has 1 saturated carbocycles. The number of carbonyl (C=O) groups is 1. The fraction of sp³-hybridized carbons (Fsp3) is 0.241. The van der Waals surface area contributed by atoms with Gasteiger partial charge in [-0.05, 0) is 65.9 Å². The normalized spacial score (nSPS) is 22.4. The number of piperidine rings is 1. The van der Waals surface area contributed by atoms with Crippen LogP contribution in [0.2, 0.25) is 0 Å². The molecule has 8 heteroatoms. The molecule has 3 atom stereocenters. The molecule has 0 spiro atoms. The van der Waals surface area contributed by atoms with Gasteiger partial charge in [0.2, 0.25) is 0 Å². The molecule has 1 aliphatic heterocycles. The molecule has 1 amide bonds. The van der Waals surface area contributed by atoms with E-state index >= 15 is 0 Å². The third-order valence-corrected chi connectivity index (χ3v) is 8.13. The Balaban J connectivity index is 1.31. The number of hydrogen-bond donors (Lipinski definition) is 0. The molecule has 1 saturated heterocycles. The number of benzene rings is 3. The Hall–Kier alpha value is -4.33. The van der Waals surface area contributed by atoms with Crippen LogP contribution in [0.15, 0.2) is 79.1 Å². The molecule has 184 valence electrons. The van der Waals surface area contributed by atoms with Crippen LogP contribution in [0, 0.1) is 18.7 Å². The van der Waals surface area contributed by atoms with Gasteiger partial charge >= 0.3 is 0 Å². The van der Waals surface area contributed by atoms with Crippen LogP contribution in [0.4, 0.5) is 4.39 Å². The van der Waals surface area contributed by atoms with Crippen molar-refractivity contribution in [2.24, 2.45) is 13.0 Å². The van der Waals surface area contributed by atoms with Crippen LogP contribution < -0.4 is 0 Å². The Kier molecular flexibility index (Phi) is 4.64. The molecule has 2 aromatic heterocycles. The molecular formula is C29H25FN6O. The van der Waals surface area contributed by atoms with Crippen molar-refractivity contribution in [1.29, 1.82) is 0 Å². The first-order chi connectivity index (χ1) is 18.0. The lowest BCUT2D eigenvalue weighted by Gasteiger charge is -2.25. The van der Waals surface area contributed by atoms with E-state index < -0.39 is 0 Å². The molecule has 7 nitrogen and oxygen atoms in total. The molecule has 0 bridgehead atoms. The predicted molar refractivity (Wildman–Crippen MR) is 137 cm³/mol. The highest BCUT2D eigenvalue weighted by molar-refractivity contribution is 5.93. The number of fused-ring (bicyclic) bond motifs is 2.